The van der Waals surface area contributed by atoms with Gasteiger partial charge in [-0.05, 0) is 42.7 Å². The molecule has 2 aromatic carbocycles. The van der Waals surface area contributed by atoms with Gasteiger partial charge < -0.3 is 10.3 Å². The molecule has 0 unspecified atom stereocenters. The summed E-state index contributed by atoms with van der Waals surface area (Å²) in [7, 11) is 0. The largest absolute Gasteiger partial charge is 0.408 e. The van der Waals surface area contributed by atoms with Crippen molar-refractivity contribution in [1.82, 2.24) is 9.58 Å². The third-order valence-electron chi connectivity index (χ3n) is 6.10. The molecule has 0 aliphatic carbocycles. The number of thioether (sulfide) groups is 1. The Bertz CT molecular complexity index is 1330. The summed E-state index contributed by atoms with van der Waals surface area (Å²) in [5.74, 6) is 0.214. The van der Waals surface area contributed by atoms with Crippen molar-refractivity contribution >= 4 is 29.3 Å². The lowest BCUT2D eigenvalue weighted by Gasteiger charge is -2.36. The third-order valence-corrected chi connectivity index (χ3v) is 7.61. The zero-order valence-electron chi connectivity index (χ0n) is 19.0. The summed E-state index contributed by atoms with van der Waals surface area (Å²) in [5, 5.41) is 0.898. The first-order valence-electron chi connectivity index (χ1n) is 10.9. The van der Waals surface area contributed by atoms with Crippen LogP contribution in [0.3, 0.4) is 0 Å². The van der Waals surface area contributed by atoms with Gasteiger partial charge in [-0.25, -0.2) is 0 Å². The predicted molar refractivity (Wildman–Crippen MR) is 132 cm³/mol. The third kappa shape index (κ3) is 5.21. The first-order chi connectivity index (χ1) is 16.6. The fourth-order valence-corrected chi connectivity index (χ4v) is 5.30. The normalized spacial score (nSPS) is 15.5. The van der Waals surface area contributed by atoms with E-state index in [1.165, 1.54) is 45.4 Å². The number of fused-ring (bicyclic) bond motifs is 3. The highest BCUT2D eigenvalue weighted by Crippen LogP contribution is 2.36. The predicted octanol–water partition coefficient (Wildman–Crippen LogP) is 5.60. The van der Waals surface area contributed by atoms with E-state index in [1.54, 1.807) is 0 Å². The molecule has 1 aromatic heterocycles. The summed E-state index contributed by atoms with van der Waals surface area (Å²) in [6.07, 6.45) is -2.22. The number of hydrogen-bond donors (Lipinski definition) is 1. The number of carbonyl (C=O) groups excluding carboxylic acids is 1. The summed E-state index contributed by atoms with van der Waals surface area (Å²) in [5.41, 5.74) is 6.38. The Labute approximate surface area is 209 Å². The van der Waals surface area contributed by atoms with E-state index in [4.69, 9.17) is 11.6 Å². The van der Waals surface area contributed by atoms with Gasteiger partial charge in [0.05, 0.1) is 0 Å². The molecular formula is C25H23ClF3N3O2S. The molecule has 1 N–H and O–H groups in total. The van der Waals surface area contributed by atoms with Gasteiger partial charge in [-0.3, -0.25) is 14.3 Å². The van der Waals surface area contributed by atoms with Gasteiger partial charge in [0.2, 0.25) is 0 Å². The standard InChI is InChI=1S/C14H11ClS.C11H12F3N3O2/c15-13-6-3-5-11-9-16-14-7-2-1-4-10(14)8-12(11)13;1-6-8(18)3-4-17-9(6)10(19)16(5-15-17)7(2)11(12,13)14/h1-7H,8-9H2;3-4,7,15H,5H2,1-2H3/t;7-/m.1/s1. The first kappa shape index (κ1) is 25.2. The number of amides is 1. The van der Waals surface area contributed by atoms with E-state index in [2.05, 4.69) is 35.8 Å². The fraction of sp³-hybridized carbons (Fsp3) is 0.280. The van der Waals surface area contributed by atoms with Crippen LogP contribution in [0.4, 0.5) is 13.2 Å². The average molecular weight is 522 g/mol. The Morgan fingerprint density at radius 2 is 1.77 bits per heavy atom. The van der Waals surface area contributed by atoms with Gasteiger partial charge in [-0.1, -0.05) is 41.9 Å². The van der Waals surface area contributed by atoms with Crippen molar-refractivity contribution in [3.8, 4) is 0 Å². The lowest BCUT2D eigenvalue weighted by molar-refractivity contribution is -0.172. The second kappa shape index (κ2) is 9.99. The summed E-state index contributed by atoms with van der Waals surface area (Å²) < 4.78 is 39.3. The van der Waals surface area contributed by atoms with Gasteiger partial charge in [-0.15, -0.1) is 11.8 Å². The molecule has 0 spiro atoms. The van der Waals surface area contributed by atoms with Gasteiger partial charge in [-0.2, -0.15) is 13.2 Å². The molecule has 1 amide bonds. The van der Waals surface area contributed by atoms with Crippen molar-refractivity contribution in [1.29, 1.82) is 0 Å². The SMILES string of the molecule is Cc1c2n(ccc1=O)NCN([C@H](C)C(F)(F)F)C2=O.Clc1cccc2c1Cc1ccccc1SC2. The Morgan fingerprint density at radius 3 is 2.51 bits per heavy atom. The van der Waals surface area contributed by atoms with E-state index < -0.39 is 18.1 Å². The van der Waals surface area contributed by atoms with E-state index in [0.717, 1.165) is 24.1 Å². The maximum atomic E-state index is 12.7. The number of alkyl halides is 3. The number of pyridine rings is 1. The van der Waals surface area contributed by atoms with Gasteiger partial charge >= 0.3 is 6.18 Å². The van der Waals surface area contributed by atoms with Crippen LogP contribution in [0.2, 0.25) is 5.02 Å². The lowest BCUT2D eigenvalue weighted by atomic mass is 10.0. The molecular weight excluding hydrogens is 499 g/mol. The number of nitrogens with zero attached hydrogens (tertiary/aromatic N) is 2. The second-order valence-corrected chi connectivity index (χ2v) is 9.71. The van der Waals surface area contributed by atoms with Crippen LogP contribution in [-0.2, 0) is 12.2 Å². The lowest BCUT2D eigenvalue weighted by Crippen LogP contribution is -2.54. The van der Waals surface area contributed by atoms with Crippen molar-refractivity contribution in [2.24, 2.45) is 0 Å². The van der Waals surface area contributed by atoms with E-state index in [0.29, 0.717) is 4.90 Å². The van der Waals surface area contributed by atoms with Crippen LogP contribution >= 0.6 is 23.4 Å². The highest BCUT2D eigenvalue weighted by Gasteiger charge is 2.44. The van der Waals surface area contributed by atoms with Crippen molar-refractivity contribution in [3.05, 3.63) is 97.9 Å². The molecule has 0 saturated heterocycles. The van der Waals surface area contributed by atoms with Gasteiger partial charge in [0.1, 0.15) is 18.4 Å². The van der Waals surface area contributed by atoms with Crippen LogP contribution < -0.4 is 10.9 Å². The van der Waals surface area contributed by atoms with Crippen LogP contribution in [0.1, 0.15) is 39.7 Å². The van der Waals surface area contributed by atoms with E-state index in [9.17, 15) is 22.8 Å². The summed E-state index contributed by atoms with van der Waals surface area (Å²) >= 11 is 8.17. The van der Waals surface area contributed by atoms with Crippen molar-refractivity contribution in [3.63, 3.8) is 0 Å². The Morgan fingerprint density at radius 1 is 1.06 bits per heavy atom. The van der Waals surface area contributed by atoms with Crippen LogP contribution in [0, 0.1) is 6.92 Å². The molecule has 0 fully saturated rings. The van der Waals surface area contributed by atoms with E-state index in [-0.39, 0.29) is 23.4 Å². The molecule has 0 radical (unpaired) electrons. The van der Waals surface area contributed by atoms with Crippen LogP contribution in [-0.4, -0.2) is 34.4 Å². The summed E-state index contributed by atoms with van der Waals surface area (Å²) in [6, 6.07) is 14.1. The molecule has 3 aromatic rings. The van der Waals surface area contributed by atoms with E-state index >= 15 is 0 Å². The van der Waals surface area contributed by atoms with Crippen molar-refractivity contribution in [2.75, 3.05) is 12.1 Å². The minimum atomic E-state index is -4.51. The second-order valence-electron chi connectivity index (χ2n) is 8.28. The van der Waals surface area contributed by atoms with Crippen LogP contribution in [0.25, 0.3) is 0 Å². The van der Waals surface area contributed by atoms with Gasteiger partial charge in [0.25, 0.3) is 5.91 Å². The molecule has 2 aliphatic heterocycles. The average Bonchev–Trinajstić information content (AvgIpc) is 3.01. The van der Waals surface area contributed by atoms with Crippen LogP contribution in [0.5, 0.6) is 0 Å². The number of hydrogen-bond acceptors (Lipinski definition) is 4. The highest BCUT2D eigenvalue weighted by molar-refractivity contribution is 7.98. The number of benzene rings is 2. The Hall–Kier alpha value is -2.91. The number of rotatable bonds is 1. The number of halogens is 4. The van der Waals surface area contributed by atoms with Crippen molar-refractivity contribution < 1.29 is 18.0 Å². The molecule has 5 nitrogen and oxygen atoms in total. The monoisotopic (exact) mass is 521 g/mol. The number of carbonyl (C=O) groups is 1. The Balaban J connectivity index is 0.000000167. The molecule has 3 heterocycles. The summed E-state index contributed by atoms with van der Waals surface area (Å²) in [4.78, 5) is 25.6. The molecule has 5 rings (SSSR count). The molecule has 2 aliphatic rings. The van der Waals surface area contributed by atoms with Gasteiger partial charge in [0, 0.05) is 39.9 Å². The molecule has 10 heteroatoms. The minimum absolute atomic E-state index is 0.0603. The molecule has 35 heavy (non-hydrogen) atoms. The smallest absolute Gasteiger partial charge is 0.307 e. The maximum absolute atomic E-state index is 12.7. The maximum Gasteiger partial charge on any atom is 0.408 e. The first-order valence-corrected chi connectivity index (χ1v) is 12.2. The Kier molecular flexibility index (Phi) is 7.19. The van der Waals surface area contributed by atoms with Gasteiger partial charge in [0.15, 0.2) is 5.43 Å². The topological polar surface area (TPSA) is 54.3 Å². The highest BCUT2D eigenvalue weighted by atomic mass is 35.5. The zero-order valence-corrected chi connectivity index (χ0v) is 20.6. The summed E-state index contributed by atoms with van der Waals surface area (Å²) in [6.45, 7) is 2.05. The molecule has 0 saturated carbocycles. The quantitative estimate of drug-likeness (QED) is 0.453. The minimum Gasteiger partial charge on any atom is -0.307 e. The van der Waals surface area contributed by atoms with E-state index in [1.807, 2.05) is 23.9 Å². The van der Waals surface area contributed by atoms with Crippen LogP contribution in [0.15, 0.2) is 64.4 Å². The van der Waals surface area contributed by atoms with Crippen molar-refractivity contribution in [2.45, 2.75) is 43.1 Å². The molecule has 1 atom stereocenters. The number of aromatic nitrogens is 1. The number of nitrogens with one attached hydrogen (secondary N) is 1. The molecule has 0 bridgehead atoms. The molecule has 184 valence electrons. The fourth-order valence-electron chi connectivity index (χ4n) is 3.96. The zero-order chi connectivity index (χ0) is 25.3.